The SMILES string of the molecule is COc1ccc2c(c1)CCC/C2=N/NC(=O)CCN1C(=O)NC(C)(C)C1=O. The average Bonchev–Trinajstić information content (AvgIpc) is 2.84. The van der Waals surface area contributed by atoms with E-state index >= 15 is 0 Å². The monoisotopic (exact) mass is 372 g/mol. The number of rotatable bonds is 5. The Labute approximate surface area is 157 Å². The molecule has 2 N–H and O–H groups in total. The van der Waals surface area contributed by atoms with Crippen molar-refractivity contribution in [1.29, 1.82) is 0 Å². The predicted octanol–water partition coefficient (Wildman–Crippen LogP) is 1.57. The molecule has 0 spiro atoms. The largest absolute Gasteiger partial charge is 0.497 e. The first kappa shape index (κ1) is 18.9. The number of carbonyl (C=O) groups is 3. The number of amides is 4. The normalized spacial score (nSPS) is 19.7. The summed E-state index contributed by atoms with van der Waals surface area (Å²) in [4.78, 5) is 37.1. The molecule has 3 rings (SSSR count). The van der Waals surface area contributed by atoms with Gasteiger partial charge in [-0.05, 0) is 56.9 Å². The van der Waals surface area contributed by atoms with Gasteiger partial charge < -0.3 is 10.1 Å². The van der Waals surface area contributed by atoms with Crippen LogP contribution in [0.3, 0.4) is 0 Å². The number of ether oxygens (including phenoxy) is 1. The molecule has 1 heterocycles. The lowest BCUT2D eigenvalue weighted by Crippen LogP contribution is -2.40. The van der Waals surface area contributed by atoms with Crippen LogP contribution in [0.15, 0.2) is 23.3 Å². The van der Waals surface area contributed by atoms with Crippen molar-refractivity contribution in [2.24, 2.45) is 5.10 Å². The Balaban J connectivity index is 1.60. The molecule has 2 aliphatic rings. The van der Waals surface area contributed by atoms with Crippen molar-refractivity contribution in [3.05, 3.63) is 29.3 Å². The molecule has 8 heteroatoms. The lowest BCUT2D eigenvalue weighted by atomic mass is 9.90. The van der Waals surface area contributed by atoms with Crippen molar-refractivity contribution in [2.45, 2.75) is 45.1 Å². The minimum Gasteiger partial charge on any atom is -0.497 e. The number of benzene rings is 1. The average molecular weight is 372 g/mol. The highest BCUT2D eigenvalue weighted by atomic mass is 16.5. The van der Waals surface area contributed by atoms with Gasteiger partial charge in [-0.1, -0.05) is 0 Å². The van der Waals surface area contributed by atoms with Crippen LogP contribution in [0.1, 0.15) is 44.2 Å². The summed E-state index contributed by atoms with van der Waals surface area (Å²) in [6.07, 6.45) is 2.68. The molecule has 4 amide bonds. The molecule has 1 aromatic rings. The van der Waals surface area contributed by atoms with Gasteiger partial charge in [-0.25, -0.2) is 10.2 Å². The van der Waals surface area contributed by atoms with E-state index < -0.39 is 11.6 Å². The van der Waals surface area contributed by atoms with Gasteiger partial charge in [0, 0.05) is 18.5 Å². The summed E-state index contributed by atoms with van der Waals surface area (Å²) in [6, 6.07) is 5.35. The van der Waals surface area contributed by atoms with Crippen molar-refractivity contribution in [3.63, 3.8) is 0 Å². The second-order valence-corrected chi connectivity index (χ2v) is 7.23. The van der Waals surface area contributed by atoms with E-state index in [1.807, 2.05) is 18.2 Å². The van der Waals surface area contributed by atoms with E-state index in [1.54, 1.807) is 21.0 Å². The van der Waals surface area contributed by atoms with E-state index in [1.165, 1.54) is 0 Å². The smallest absolute Gasteiger partial charge is 0.325 e. The zero-order chi connectivity index (χ0) is 19.6. The molecule has 8 nitrogen and oxygen atoms in total. The number of aryl methyl sites for hydroxylation is 1. The lowest BCUT2D eigenvalue weighted by molar-refractivity contribution is -0.130. The van der Waals surface area contributed by atoms with Crippen molar-refractivity contribution in [3.8, 4) is 5.75 Å². The van der Waals surface area contributed by atoms with Crippen LogP contribution in [0.25, 0.3) is 0 Å². The van der Waals surface area contributed by atoms with E-state index in [2.05, 4.69) is 15.8 Å². The van der Waals surface area contributed by atoms with Crippen LogP contribution in [0.2, 0.25) is 0 Å². The summed E-state index contributed by atoms with van der Waals surface area (Å²) < 4.78 is 5.25. The Hall–Kier alpha value is -2.90. The lowest BCUT2D eigenvalue weighted by Gasteiger charge is -2.18. The number of hydrazone groups is 1. The molecule has 1 saturated heterocycles. The summed E-state index contributed by atoms with van der Waals surface area (Å²) >= 11 is 0. The maximum atomic E-state index is 12.1. The third kappa shape index (κ3) is 3.94. The van der Waals surface area contributed by atoms with E-state index in [0.717, 1.165) is 46.8 Å². The van der Waals surface area contributed by atoms with E-state index in [4.69, 9.17) is 4.74 Å². The number of nitrogens with zero attached hydrogens (tertiary/aromatic N) is 2. The molecule has 27 heavy (non-hydrogen) atoms. The molecular weight excluding hydrogens is 348 g/mol. The van der Waals surface area contributed by atoms with Crippen molar-refractivity contribution in [1.82, 2.24) is 15.6 Å². The third-order valence-electron chi connectivity index (χ3n) is 4.81. The van der Waals surface area contributed by atoms with Crippen LogP contribution in [-0.4, -0.2) is 47.7 Å². The summed E-state index contributed by atoms with van der Waals surface area (Å²) in [5.74, 6) is 0.130. The van der Waals surface area contributed by atoms with Crippen molar-refractivity contribution >= 4 is 23.6 Å². The minimum absolute atomic E-state index is 0.00148. The molecule has 1 aromatic carbocycles. The Kier molecular flexibility index (Phi) is 5.16. The van der Waals surface area contributed by atoms with Gasteiger partial charge in [-0.2, -0.15) is 5.10 Å². The first-order valence-corrected chi connectivity index (χ1v) is 8.98. The van der Waals surface area contributed by atoms with Crippen LogP contribution in [0, 0.1) is 0 Å². The highest BCUT2D eigenvalue weighted by molar-refractivity contribution is 6.06. The first-order chi connectivity index (χ1) is 12.8. The van der Waals surface area contributed by atoms with Gasteiger partial charge in [0.1, 0.15) is 11.3 Å². The molecule has 1 aliphatic heterocycles. The summed E-state index contributed by atoms with van der Waals surface area (Å²) in [5, 5.41) is 6.85. The number of fused-ring (bicyclic) bond motifs is 1. The predicted molar refractivity (Wildman–Crippen MR) is 99.6 cm³/mol. The zero-order valence-corrected chi connectivity index (χ0v) is 15.8. The van der Waals surface area contributed by atoms with Gasteiger partial charge in [-0.15, -0.1) is 0 Å². The van der Waals surface area contributed by atoms with Gasteiger partial charge in [0.05, 0.1) is 12.8 Å². The number of nitrogens with one attached hydrogen (secondary N) is 2. The Morgan fingerprint density at radius 1 is 1.33 bits per heavy atom. The van der Waals surface area contributed by atoms with Gasteiger partial charge in [0.25, 0.3) is 5.91 Å². The second-order valence-electron chi connectivity index (χ2n) is 7.23. The molecule has 0 radical (unpaired) electrons. The van der Waals surface area contributed by atoms with Gasteiger partial charge in [-0.3, -0.25) is 14.5 Å². The quantitative estimate of drug-likeness (QED) is 0.605. The molecule has 1 fully saturated rings. The summed E-state index contributed by atoms with van der Waals surface area (Å²) in [6.45, 7) is 3.29. The minimum atomic E-state index is -0.930. The molecular formula is C19H24N4O4. The van der Waals surface area contributed by atoms with Crippen LogP contribution < -0.4 is 15.5 Å². The van der Waals surface area contributed by atoms with Crippen LogP contribution >= 0.6 is 0 Å². The molecule has 0 saturated carbocycles. The van der Waals surface area contributed by atoms with Crippen molar-refractivity contribution < 1.29 is 19.1 Å². The van der Waals surface area contributed by atoms with Gasteiger partial charge in [0.2, 0.25) is 5.91 Å². The van der Waals surface area contributed by atoms with E-state index in [-0.39, 0.29) is 24.8 Å². The molecule has 0 unspecified atom stereocenters. The van der Waals surface area contributed by atoms with Crippen LogP contribution in [0.5, 0.6) is 5.75 Å². The second kappa shape index (κ2) is 7.38. The number of imide groups is 1. The molecule has 0 aromatic heterocycles. The molecule has 0 atom stereocenters. The third-order valence-corrected chi connectivity index (χ3v) is 4.81. The molecule has 1 aliphatic carbocycles. The Morgan fingerprint density at radius 2 is 2.11 bits per heavy atom. The molecule has 0 bridgehead atoms. The maximum Gasteiger partial charge on any atom is 0.325 e. The van der Waals surface area contributed by atoms with Crippen LogP contribution in [-0.2, 0) is 16.0 Å². The Morgan fingerprint density at radius 3 is 2.78 bits per heavy atom. The van der Waals surface area contributed by atoms with Crippen LogP contribution in [0.4, 0.5) is 4.79 Å². The number of urea groups is 1. The number of hydrogen-bond donors (Lipinski definition) is 2. The highest BCUT2D eigenvalue weighted by Gasteiger charge is 2.43. The number of methoxy groups -OCH3 is 1. The van der Waals surface area contributed by atoms with Crippen molar-refractivity contribution in [2.75, 3.05) is 13.7 Å². The van der Waals surface area contributed by atoms with Gasteiger partial charge >= 0.3 is 6.03 Å². The van der Waals surface area contributed by atoms with E-state index in [0.29, 0.717) is 0 Å². The fourth-order valence-electron chi connectivity index (χ4n) is 3.30. The standard InChI is InChI=1S/C19H24N4O4/c1-19(2)17(25)23(18(26)20-19)10-9-16(24)22-21-15-6-4-5-12-11-13(27-3)7-8-14(12)15/h7-8,11H,4-6,9-10H2,1-3H3,(H,20,26)(H,22,24)/b21-15-. The fraction of sp³-hybridized carbons (Fsp3) is 0.474. The Bertz CT molecular complexity index is 816. The number of hydrogen-bond acceptors (Lipinski definition) is 5. The zero-order valence-electron chi connectivity index (χ0n) is 15.8. The highest BCUT2D eigenvalue weighted by Crippen LogP contribution is 2.25. The topological polar surface area (TPSA) is 100 Å². The number of carbonyl (C=O) groups excluding carboxylic acids is 3. The maximum absolute atomic E-state index is 12.1. The summed E-state index contributed by atoms with van der Waals surface area (Å²) in [5.41, 5.74) is 4.60. The van der Waals surface area contributed by atoms with Gasteiger partial charge in [0.15, 0.2) is 0 Å². The summed E-state index contributed by atoms with van der Waals surface area (Å²) in [7, 11) is 1.63. The first-order valence-electron chi connectivity index (χ1n) is 8.98. The van der Waals surface area contributed by atoms with E-state index in [9.17, 15) is 14.4 Å². The fourth-order valence-corrected chi connectivity index (χ4v) is 3.30. The molecule has 144 valence electrons.